The summed E-state index contributed by atoms with van der Waals surface area (Å²) in [5.41, 5.74) is 0. The summed E-state index contributed by atoms with van der Waals surface area (Å²) in [6.45, 7) is 0. The normalized spacial score (nSPS) is 19.5. The minimum atomic E-state index is 0.233. The van der Waals surface area contributed by atoms with Gasteiger partial charge >= 0.3 is 0 Å². The Hall–Kier alpha value is -1.88. The van der Waals surface area contributed by atoms with E-state index in [1.165, 1.54) is 0 Å². The van der Waals surface area contributed by atoms with Gasteiger partial charge < -0.3 is 24.2 Å². The molecule has 0 bridgehead atoms. The number of hydrogen-bond acceptors (Lipinski definition) is 5. The third-order valence-electron chi connectivity index (χ3n) is 3.50. The molecule has 1 aliphatic rings. The Morgan fingerprint density at radius 3 is 1.27 bits per heavy atom. The number of hydrogen-bond donors (Lipinski definition) is 1. The lowest BCUT2D eigenvalue weighted by molar-refractivity contribution is -0.115. The highest BCUT2D eigenvalue weighted by atomic mass is 16.5. The van der Waals surface area contributed by atoms with Gasteiger partial charge in [-0.15, -0.1) is 0 Å². The van der Waals surface area contributed by atoms with E-state index >= 15 is 0 Å². The predicted molar refractivity (Wildman–Crippen MR) is 85.3 cm³/mol. The SMILES string of the molecule is CO.COc1ccc(OC)cc1.O=CC1CCC(C=O)CC1. The Labute approximate surface area is 132 Å². The molecule has 0 spiro atoms. The number of aliphatic hydroxyl groups excluding tert-OH is 1. The second kappa shape index (κ2) is 12.8. The Kier molecular flexibility index (Phi) is 11.7. The van der Waals surface area contributed by atoms with Crippen LogP contribution in [0.3, 0.4) is 0 Å². The summed E-state index contributed by atoms with van der Waals surface area (Å²) in [4.78, 5) is 20.5. The van der Waals surface area contributed by atoms with Gasteiger partial charge in [0.2, 0.25) is 0 Å². The van der Waals surface area contributed by atoms with Crippen molar-refractivity contribution in [2.45, 2.75) is 25.7 Å². The molecule has 1 aliphatic carbocycles. The van der Waals surface area contributed by atoms with Gasteiger partial charge in [0.1, 0.15) is 24.1 Å². The Morgan fingerprint density at radius 1 is 0.818 bits per heavy atom. The molecule has 0 amide bonds. The van der Waals surface area contributed by atoms with Gasteiger partial charge in [0.05, 0.1) is 14.2 Å². The summed E-state index contributed by atoms with van der Waals surface area (Å²) >= 11 is 0. The van der Waals surface area contributed by atoms with E-state index in [9.17, 15) is 9.59 Å². The maximum atomic E-state index is 10.3. The van der Waals surface area contributed by atoms with Crippen LogP contribution in [-0.4, -0.2) is 39.0 Å². The van der Waals surface area contributed by atoms with E-state index in [-0.39, 0.29) is 11.8 Å². The molecule has 0 atom stereocenters. The first kappa shape index (κ1) is 20.1. The van der Waals surface area contributed by atoms with E-state index < -0.39 is 0 Å². The minimum Gasteiger partial charge on any atom is -0.497 e. The van der Waals surface area contributed by atoms with Gasteiger partial charge in [-0.1, -0.05) is 0 Å². The fraction of sp³-hybridized carbons (Fsp3) is 0.529. The van der Waals surface area contributed by atoms with Crippen molar-refractivity contribution in [1.29, 1.82) is 0 Å². The molecule has 1 aromatic carbocycles. The summed E-state index contributed by atoms with van der Waals surface area (Å²) in [6.07, 6.45) is 5.67. The highest BCUT2D eigenvalue weighted by Crippen LogP contribution is 2.25. The molecule has 5 heteroatoms. The molecule has 124 valence electrons. The Balaban J connectivity index is 0.000000360. The average Bonchev–Trinajstić information content (AvgIpc) is 2.64. The minimum absolute atomic E-state index is 0.233. The summed E-state index contributed by atoms with van der Waals surface area (Å²) in [7, 11) is 4.28. The Bertz CT molecular complexity index is 355. The zero-order valence-electron chi connectivity index (χ0n) is 13.5. The topological polar surface area (TPSA) is 72.8 Å². The van der Waals surface area contributed by atoms with Crippen molar-refractivity contribution in [3.63, 3.8) is 0 Å². The fourth-order valence-electron chi connectivity index (χ4n) is 2.13. The molecule has 1 saturated carbocycles. The van der Waals surface area contributed by atoms with E-state index in [1.807, 2.05) is 24.3 Å². The highest BCUT2D eigenvalue weighted by Gasteiger charge is 2.19. The molecule has 5 nitrogen and oxygen atoms in total. The molecule has 0 heterocycles. The standard InChI is InChI=1S/C8H10O2.C8H12O2.CH4O/c1-9-7-3-5-8(10-2)6-4-7;9-5-7-1-2-8(6-10)4-3-7;1-2/h3-6H,1-2H3;5-8H,1-4H2;2H,1H3. The second-order valence-corrected chi connectivity index (χ2v) is 4.83. The van der Waals surface area contributed by atoms with Gasteiger partial charge in [0.15, 0.2) is 0 Å². The van der Waals surface area contributed by atoms with Gasteiger partial charge in [-0.05, 0) is 49.9 Å². The molecule has 22 heavy (non-hydrogen) atoms. The molecule has 1 N–H and O–H groups in total. The van der Waals surface area contributed by atoms with Crippen molar-refractivity contribution >= 4 is 12.6 Å². The molecule has 1 fully saturated rings. The van der Waals surface area contributed by atoms with Crippen molar-refractivity contribution in [3.8, 4) is 11.5 Å². The largest absolute Gasteiger partial charge is 0.497 e. The first-order chi connectivity index (χ1) is 10.7. The number of carbonyl (C=O) groups excluding carboxylic acids is 2. The van der Waals surface area contributed by atoms with Gasteiger partial charge in [0.25, 0.3) is 0 Å². The van der Waals surface area contributed by atoms with Crippen LogP contribution in [-0.2, 0) is 9.59 Å². The number of methoxy groups -OCH3 is 2. The van der Waals surface area contributed by atoms with Crippen LogP contribution in [0.5, 0.6) is 11.5 Å². The van der Waals surface area contributed by atoms with E-state index in [2.05, 4.69) is 0 Å². The molecular weight excluding hydrogens is 284 g/mol. The van der Waals surface area contributed by atoms with Gasteiger partial charge in [-0.25, -0.2) is 0 Å². The van der Waals surface area contributed by atoms with Crippen LogP contribution in [0, 0.1) is 11.8 Å². The molecule has 2 rings (SSSR count). The smallest absolute Gasteiger partial charge is 0.123 e. The van der Waals surface area contributed by atoms with Crippen LogP contribution >= 0.6 is 0 Å². The molecule has 0 aliphatic heterocycles. The van der Waals surface area contributed by atoms with E-state index in [0.717, 1.165) is 56.9 Å². The van der Waals surface area contributed by atoms with Crippen LogP contribution in [0.25, 0.3) is 0 Å². The number of aldehydes is 2. The highest BCUT2D eigenvalue weighted by molar-refractivity contribution is 5.56. The zero-order valence-corrected chi connectivity index (χ0v) is 13.5. The van der Waals surface area contributed by atoms with Crippen LogP contribution in [0.15, 0.2) is 24.3 Å². The number of benzene rings is 1. The van der Waals surface area contributed by atoms with Crippen LogP contribution < -0.4 is 9.47 Å². The van der Waals surface area contributed by atoms with Gasteiger partial charge in [-0.3, -0.25) is 0 Å². The molecule has 1 aromatic rings. The van der Waals surface area contributed by atoms with Crippen molar-refractivity contribution in [2.24, 2.45) is 11.8 Å². The lowest BCUT2D eigenvalue weighted by Gasteiger charge is -2.20. The summed E-state index contributed by atoms with van der Waals surface area (Å²) < 4.78 is 9.92. The van der Waals surface area contributed by atoms with Crippen LogP contribution in [0.4, 0.5) is 0 Å². The van der Waals surface area contributed by atoms with Crippen molar-refractivity contribution in [3.05, 3.63) is 24.3 Å². The lowest BCUT2D eigenvalue weighted by Crippen LogP contribution is -2.15. The van der Waals surface area contributed by atoms with E-state index in [4.69, 9.17) is 14.6 Å². The summed E-state index contributed by atoms with van der Waals surface area (Å²) in [6, 6.07) is 7.44. The first-order valence-corrected chi connectivity index (χ1v) is 7.26. The second-order valence-electron chi connectivity index (χ2n) is 4.83. The average molecular weight is 310 g/mol. The maximum Gasteiger partial charge on any atom is 0.123 e. The summed E-state index contributed by atoms with van der Waals surface area (Å²) in [5.74, 6) is 2.16. The number of aliphatic hydroxyl groups is 1. The quantitative estimate of drug-likeness (QED) is 0.865. The van der Waals surface area contributed by atoms with Crippen molar-refractivity contribution in [1.82, 2.24) is 0 Å². The molecular formula is C17H26O5. The van der Waals surface area contributed by atoms with Crippen molar-refractivity contribution in [2.75, 3.05) is 21.3 Å². The number of ether oxygens (including phenoxy) is 2. The molecule has 0 saturated heterocycles. The Morgan fingerprint density at radius 2 is 1.09 bits per heavy atom. The lowest BCUT2D eigenvalue weighted by atomic mass is 9.84. The first-order valence-electron chi connectivity index (χ1n) is 7.26. The maximum absolute atomic E-state index is 10.3. The van der Waals surface area contributed by atoms with Crippen LogP contribution in [0.2, 0.25) is 0 Å². The van der Waals surface area contributed by atoms with Crippen LogP contribution in [0.1, 0.15) is 25.7 Å². The molecule has 0 unspecified atom stereocenters. The van der Waals surface area contributed by atoms with E-state index in [1.54, 1.807) is 14.2 Å². The molecule has 0 radical (unpaired) electrons. The molecule has 0 aromatic heterocycles. The van der Waals surface area contributed by atoms with Crippen molar-refractivity contribution < 1.29 is 24.2 Å². The number of rotatable bonds is 4. The zero-order chi connectivity index (χ0) is 16.8. The predicted octanol–water partition coefficient (Wildman–Crippen LogP) is 2.50. The number of carbonyl (C=O) groups is 2. The van der Waals surface area contributed by atoms with Gasteiger partial charge in [-0.2, -0.15) is 0 Å². The monoisotopic (exact) mass is 310 g/mol. The third kappa shape index (κ3) is 7.78. The third-order valence-corrected chi connectivity index (χ3v) is 3.50. The van der Waals surface area contributed by atoms with Gasteiger partial charge in [0, 0.05) is 18.9 Å². The summed E-state index contributed by atoms with van der Waals surface area (Å²) in [5, 5.41) is 7.00. The fourth-order valence-corrected chi connectivity index (χ4v) is 2.13. The van der Waals surface area contributed by atoms with E-state index in [0.29, 0.717) is 0 Å².